The van der Waals surface area contributed by atoms with Crippen molar-refractivity contribution >= 4 is 0 Å². The summed E-state index contributed by atoms with van der Waals surface area (Å²) in [5.41, 5.74) is 2.84. The molecule has 1 N–H and O–H groups in total. The molecule has 1 nitrogen and oxygen atoms in total. The molecule has 17 heavy (non-hydrogen) atoms. The van der Waals surface area contributed by atoms with Crippen LogP contribution in [0, 0.1) is 11.8 Å². The molecule has 1 aromatic carbocycles. The van der Waals surface area contributed by atoms with Crippen molar-refractivity contribution in [3.8, 4) is 0 Å². The maximum atomic E-state index is 3.72. The fourth-order valence-corrected chi connectivity index (χ4v) is 2.79. The van der Waals surface area contributed by atoms with Crippen molar-refractivity contribution in [1.82, 2.24) is 5.32 Å². The highest BCUT2D eigenvalue weighted by Crippen LogP contribution is 2.31. The minimum Gasteiger partial charge on any atom is -0.310 e. The molecule has 1 aliphatic rings. The maximum Gasteiger partial charge on any atom is 0.0208 e. The van der Waals surface area contributed by atoms with Crippen molar-refractivity contribution in [3.63, 3.8) is 0 Å². The van der Waals surface area contributed by atoms with E-state index in [9.17, 15) is 0 Å². The number of nitrogens with one attached hydrogen (secondary N) is 1. The van der Waals surface area contributed by atoms with Crippen LogP contribution in [0.15, 0.2) is 24.3 Å². The highest BCUT2D eigenvalue weighted by molar-refractivity contribution is 5.22. The third-order valence-electron chi connectivity index (χ3n) is 4.46. The van der Waals surface area contributed by atoms with Crippen molar-refractivity contribution in [2.75, 3.05) is 0 Å². The smallest absolute Gasteiger partial charge is 0.0208 e. The van der Waals surface area contributed by atoms with Crippen molar-refractivity contribution in [2.24, 2.45) is 11.8 Å². The molecule has 0 spiro atoms. The molecule has 0 amide bonds. The number of rotatable bonds is 4. The van der Waals surface area contributed by atoms with Gasteiger partial charge in [0.2, 0.25) is 0 Å². The van der Waals surface area contributed by atoms with E-state index in [0.29, 0.717) is 0 Å². The third-order valence-corrected chi connectivity index (χ3v) is 4.46. The Morgan fingerprint density at radius 1 is 1.06 bits per heavy atom. The molecule has 0 radical (unpaired) electrons. The summed E-state index contributed by atoms with van der Waals surface area (Å²) in [6.07, 6.45) is 3.86. The van der Waals surface area contributed by atoms with E-state index in [1.807, 2.05) is 0 Å². The van der Waals surface area contributed by atoms with E-state index in [1.165, 1.54) is 24.0 Å². The third kappa shape index (κ3) is 3.10. The van der Waals surface area contributed by atoms with E-state index in [1.54, 1.807) is 0 Å². The lowest BCUT2D eigenvalue weighted by atomic mass is 9.97. The van der Waals surface area contributed by atoms with Crippen LogP contribution in [0.3, 0.4) is 0 Å². The van der Waals surface area contributed by atoms with Gasteiger partial charge >= 0.3 is 0 Å². The van der Waals surface area contributed by atoms with Crippen LogP contribution in [0.1, 0.15) is 44.7 Å². The Hall–Kier alpha value is -0.820. The lowest BCUT2D eigenvalue weighted by Crippen LogP contribution is -2.31. The zero-order valence-electron chi connectivity index (χ0n) is 11.4. The molecule has 1 aromatic rings. The first-order valence-corrected chi connectivity index (χ1v) is 7.02. The number of hydrogen-bond acceptors (Lipinski definition) is 1. The quantitative estimate of drug-likeness (QED) is 0.831. The van der Waals surface area contributed by atoms with Crippen LogP contribution in [0.4, 0.5) is 0 Å². The van der Waals surface area contributed by atoms with Crippen LogP contribution in [0.2, 0.25) is 0 Å². The van der Waals surface area contributed by atoms with Gasteiger partial charge in [0, 0.05) is 12.6 Å². The number of benzene rings is 1. The van der Waals surface area contributed by atoms with Crippen LogP contribution in [-0.2, 0) is 13.0 Å². The zero-order chi connectivity index (χ0) is 12.3. The van der Waals surface area contributed by atoms with Crippen LogP contribution in [0.5, 0.6) is 0 Å². The largest absolute Gasteiger partial charge is 0.310 e. The number of aryl methyl sites for hydroxylation is 1. The molecule has 1 fully saturated rings. The Bertz CT molecular complexity index is 341. The van der Waals surface area contributed by atoms with Crippen molar-refractivity contribution in [3.05, 3.63) is 35.4 Å². The molecule has 2 rings (SSSR count). The Morgan fingerprint density at radius 2 is 1.71 bits per heavy atom. The summed E-state index contributed by atoms with van der Waals surface area (Å²) < 4.78 is 0. The van der Waals surface area contributed by atoms with Gasteiger partial charge in [0.15, 0.2) is 0 Å². The molecule has 94 valence electrons. The lowest BCUT2D eigenvalue weighted by molar-refractivity contribution is 0.370. The predicted molar refractivity (Wildman–Crippen MR) is 74.0 cm³/mol. The van der Waals surface area contributed by atoms with Crippen LogP contribution >= 0.6 is 0 Å². The first-order valence-electron chi connectivity index (χ1n) is 7.02. The molecular formula is C16H25N. The van der Waals surface area contributed by atoms with Gasteiger partial charge in [-0.05, 0) is 42.2 Å². The molecule has 1 saturated carbocycles. The van der Waals surface area contributed by atoms with Gasteiger partial charge in [0.1, 0.15) is 0 Å². The van der Waals surface area contributed by atoms with Crippen LogP contribution < -0.4 is 5.32 Å². The summed E-state index contributed by atoms with van der Waals surface area (Å²) in [6.45, 7) is 7.98. The summed E-state index contributed by atoms with van der Waals surface area (Å²) in [5.74, 6) is 1.71. The Kier molecular flexibility index (Phi) is 4.22. The fourth-order valence-electron chi connectivity index (χ4n) is 2.79. The Labute approximate surface area is 106 Å². The minimum atomic E-state index is 0.718. The molecule has 0 aliphatic heterocycles. The monoisotopic (exact) mass is 231 g/mol. The van der Waals surface area contributed by atoms with Gasteiger partial charge in [-0.25, -0.2) is 0 Å². The van der Waals surface area contributed by atoms with Gasteiger partial charge < -0.3 is 5.32 Å². The topological polar surface area (TPSA) is 12.0 Å². The van der Waals surface area contributed by atoms with E-state index in [-0.39, 0.29) is 0 Å². The zero-order valence-corrected chi connectivity index (χ0v) is 11.4. The average molecular weight is 231 g/mol. The molecule has 0 aromatic heterocycles. The van der Waals surface area contributed by atoms with Gasteiger partial charge in [-0.2, -0.15) is 0 Å². The van der Waals surface area contributed by atoms with Crippen LogP contribution in [-0.4, -0.2) is 6.04 Å². The van der Waals surface area contributed by atoms with Crippen molar-refractivity contribution in [2.45, 2.75) is 52.6 Å². The molecule has 0 bridgehead atoms. The SMILES string of the molecule is CCc1ccc(CNC2CCC(C)C2C)cc1. The van der Waals surface area contributed by atoms with Crippen molar-refractivity contribution in [1.29, 1.82) is 0 Å². The van der Waals surface area contributed by atoms with Gasteiger partial charge in [-0.3, -0.25) is 0 Å². The summed E-state index contributed by atoms with van der Waals surface area (Å²) >= 11 is 0. The maximum absolute atomic E-state index is 3.72. The fraction of sp³-hybridized carbons (Fsp3) is 0.625. The summed E-state index contributed by atoms with van der Waals surface area (Å²) in [4.78, 5) is 0. The molecule has 0 heterocycles. The van der Waals surface area contributed by atoms with E-state index in [4.69, 9.17) is 0 Å². The lowest BCUT2D eigenvalue weighted by Gasteiger charge is -2.19. The second kappa shape index (κ2) is 5.68. The normalized spacial score (nSPS) is 28.5. The highest BCUT2D eigenvalue weighted by atomic mass is 14.9. The van der Waals surface area contributed by atoms with E-state index < -0.39 is 0 Å². The summed E-state index contributed by atoms with van der Waals surface area (Å²) in [5, 5.41) is 3.72. The standard InChI is InChI=1S/C16H25N/c1-4-14-6-8-15(9-7-14)11-17-16-10-5-12(2)13(16)3/h6-9,12-13,16-17H,4-5,10-11H2,1-3H3. The van der Waals surface area contributed by atoms with Gasteiger partial charge in [0.25, 0.3) is 0 Å². The second-order valence-corrected chi connectivity index (χ2v) is 5.57. The van der Waals surface area contributed by atoms with Crippen molar-refractivity contribution < 1.29 is 0 Å². The molecule has 3 unspecified atom stereocenters. The molecule has 1 heteroatoms. The first kappa shape index (κ1) is 12.6. The van der Waals surface area contributed by atoms with Crippen LogP contribution in [0.25, 0.3) is 0 Å². The Morgan fingerprint density at radius 3 is 2.24 bits per heavy atom. The number of hydrogen-bond donors (Lipinski definition) is 1. The van der Waals surface area contributed by atoms with E-state index in [0.717, 1.165) is 30.8 Å². The highest BCUT2D eigenvalue weighted by Gasteiger charge is 2.28. The first-order chi connectivity index (χ1) is 8.20. The van der Waals surface area contributed by atoms with Gasteiger partial charge in [-0.1, -0.05) is 45.0 Å². The van der Waals surface area contributed by atoms with E-state index in [2.05, 4.69) is 50.4 Å². The molecule has 1 aliphatic carbocycles. The predicted octanol–water partition coefficient (Wildman–Crippen LogP) is 3.77. The minimum absolute atomic E-state index is 0.718. The molecule has 3 atom stereocenters. The summed E-state index contributed by atoms with van der Waals surface area (Å²) in [6, 6.07) is 9.73. The van der Waals surface area contributed by atoms with E-state index >= 15 is 0 Å². The van der Waals surface area contributed by atoms with Gasteiger partial charge in [0.05, 0.1) is 0 Å². The molecular weight excluding hydrogens is 206 g/mol. The summed E-state index contributed by atoms with van der Waals surface area (Å²) in [7, 11) is 0. The molecule has 0 saturated heterocycles. The second-order valence-electron chi connectivity index (χ2n) is 5.57. The van der Waals surface area contributed by atoms with Gasteiger partial charge in [-0.15, -0.1) is 0 Å². The average Bonchev–Trinajstić information content (AvgIpc) is 2.68. The Balaban J connectivity index is 1.85.